The van der Waals surface area contributed by atoms with E-state index in [0.29, 0.717) is 19.4 Å². The molecule has 1 N–H and O–H groups in total. The normalized spacial score (nSPS) is 9.46. The van der Waals surface area contributed by atoms with Crippen molar-refractivity contribution < 1.29 is 9.59 Å². The van der Waals surface area contributed by atoms with Crippen molar-refractivity contribution in [1.82, 2.24) is 10.2 Å². The number of amides is 2. The van der Waals surface area contributed by atoms with Crippen LogP contribution in [0.4, 0.5) is 0 Å². The molecule has 0 saturated carbocycles. The van der Waals surface area contributed by atoms with Crippen molar-refractivity contribution in [3.8, 4) is 0 Å². The van der Waals surface area contributed by atoms with E-state index < -0.39 is 0 Å². The van der Waals surface area contributed by atoms with Crippen LogP contribution in [0.3, 0.4) is 0 Å². The fourth-order valence-electron chi connectivity index (χ4n) is 0.779. The van der Waals surface area contributed by atoms with Gasteiger partial charge in [0.1, 0.15) is 0 Å². The van der Waals surface area contributed by atoms with Gasteiger partial charge in [0.2, 0.25) is 11.8 Å². The summed E-state index contributed by atoms with van der Waals surface area (Å²) in [6, 6.07) is 0. The van der Waals surface area contributed by atoms with Crippen LogP contribution in [0.15, 0.2) is 0 Å². The summed E-state index contributed by atoms with van der Waals surface area (Å²) in [6.45, 7) is 2.50. The van der Waals surface area contributed by atoms with Gasteiger partial charge in [-0.25, -0.2) is 0 Å². The standard InChI is InChI=1S/C9H17N2O2/c1-4-10-8(12)6-5-7-9(13)11(2)3/h5H,4,6-7H2,1-3H3,(H,10,12). The molecule has 0 bridgehead atoms. The molecule has 0 spiro atoms. The highest BCUT2D eigenvalue weighted by atomic mass is 16.2. The molecule has 0 aliphatic carbocycles. The van der Waals surface area contributed by atoms with Crippen LogP contribution in [0.1, 0.15) is 19.8 Å². The molecule has 4 heteroatoms. The molecule has 0 aliphatic rings. The minimum Gasteiger partial charge on any atom is -0.356 e. The Kier molecular flexibility index (Phi) is 5.93. The van der Waals surface area contributed by atoms with E-state index in [1.807, 2.05) is 6.92 Å². The van der Waals surface area contributed by atoms with Gasteiger partial charge in [0.25, 0.3) is 0 Å². The highest BCUT2D eigenvalue weighted by molar-refractivity contribution is 5.80. The summed E-state index contributed by atoms with van der Waals surface area (Å²) >= 11 is 0. The molecule has 2 amide bonds. The first kappa shape index (κ1) is 11.9. The smallest absolute Gasteiger partial charge is 0.222 e. The lowest BCUT2D eigenvalue weighted by Crippen LogP contribution is -2.24. The van der Waals surface area contributed by atoms with E-state index in [-0.39, 0.29) is 11.8 Å². The predicted octanol–water partition coefficient (Wildman–Crippen LogP) is 0.195. The number of hydrogen-bond acceptors (Lipinski definition) is 2. The van der Waals surface area contributed by atoms with Gasteiger partial charge in [0.05, 0.1) is 0 Å². The van der Waals surface area contributed by atoms with Crippen molar-refractivity contribution in [1.29, 1.82) is 0 Å². The Balaban J connectivity index is 3.45. The molecule has 0 atom stereocenters. The Morgan fingerprint density at radius 2 is 1.92 bits per heavy atom. The molecule has 0 aromatic carbocycles. The minimum atomic E-state index is -0.0333. The Hall–Kier alpha value is -1.06. The molecule has 4 nitrogen and oxygen atoms in total. The van der Waals surface area contributed by atoms with Crippen molar-refractivity contribution in [2.45, 2.75) is 19.8 Å². The van der Waals surface area contributed by atoms with Crippen LogP contribution >= 0.6 is 0 Å². The van der Waals surface area contributed by atoms with Gasteiger partial charge in [0, 0.05) is 33.5 Å². The van der Waals surface area contributed by atoms with Crippen LogP contribution in [0.2, 0.25) is 0 Å². The Bertz CT molecular complexity index is 178. The molecule has 75 valence electrons. The van der Waals surface area contributed by atoms with Crippen LogP contribution in [0, 0.1) is 6.42 Å². The molecule has 0 aliphatic heterocycles. The Labute approximate surface area is 79.3 Å². The van der Waals surface area contributed by atoms with Crippen molar-refractivity contribution in [3.05, 3.63) is 6.42 Å². The maximum atomic E-state index is 11.0. The lowest BCUT2D eigenvalue weighted by atomic mass is 10.2. The molecule has 0 aromatic heterocycles. The third-order valence-electron chi connectivity index (χ3n) is 1.52. The Morgan fingerprint density at radius 3 is 2.38 bits per heavy atom. The quantitative estimate of drug-likeness (QED) is 0.665. The van der Waals surface area contributed by atoms with Gasteiger partial charge in [-0.1, -0.05) is 0 Å². The van der Waals surface area contributed by atoms with Gasteiger partial charge in [0.15, 0.2) is 0 Å². The first-order chi connectivity index (χ1) is 6.07. The summed E-state index contributed by atoms with van der Waals surface area (Å²) in [7, 11) is 3.39. The van der Waals surface area contributed by atoms with Crippen LogP contribution in [0.25, 0.3) is 0 Å². The molecular formula is C9H17N2O2. The van der Waals surface area contributed by atoms with Gasteiger partial charge >= 0.3 is 0 Å². The van der Waals surface area contributed by atoms with Crippen molar-refractivity contribution >= 4 is 11.8 Å². The maximum absolute atomic E-state index is 11.0. The highest BCUT2D eigenvalue weighted by Gasteiger charge is 2.05. The molecular weight excluding hydrogens is 168 g/mol. The summed E-state index contributed by atoms with van der Waals surface area (Å²) in [5, 5.41) is 2.65. The van der Waals surface area contributed by atoms with E-state index in [1.165, 1.54) is 4.90 Å². The minimum absolute atomic E-state index is 0.0179. The Morgan fingerprint density at radius 1 is 1.31 bits per heavy atom. The lowest BCUT2D eigenvalue weighted by Gasteiger charge is -2.09. The van der Waals surface area contributed by atoms with E-state index in [1.54, 1.807) is 20.5 Å². The van der Waals surface area contributed by atoms with Gasteiger partial charge in [-0.2, -0.15) is 0 Å². The van der Waals surface area contributed by atoms with Crippen LogP contribution in [-0.4, -0.2) is 37.4 Å². The fourth-order valence-corrected chi connectivity index (χ4v) is 0.779. The molecule has 13 heavy (non-hydrogen) atoms. The van der Waals surface area contributed by atoms with Crippen molar-refractivity contribution in [2.75, 3.05) is 20.6 Å². The van der Waals surface area contributed by atoms with Gasteiger partial charge in [-0.05, 0) is 13.3 Å². The largest absolute Gasteiger partial charge is 0.356 e. The summed E-state index contributed by atoms with van der Waals surface area (Å²) in [5.41, 5.74) is 0. The predicted molar refractivity (Wildman–Crippen MR) is 50.9 cm³/mol. The van der Waals surface area contributed by atoms with Crippen LogP contribution in [-0.2, 0) is 9.59 Å². The van der Waals surface area contributed by atoms with Gasteiger partial charge < -0.3 is 10.2 Å². The summed E-state index contributed by atoms with van der Waals surface area (Å²) < 4.78 is 0. The van der Waals surface area contributed by atoms with Crippen molar-refractivity contribution in [2.24, 2.45) is 0 Å². The van der Waals surface area contributed by atoms with Crippen LogP contribution in [0.5, 0.6) is 0 Å². The fraction of sp³-hybridized carbons (Fsp3) is 0.667. The zero-order valence-electron chi connectivity index (χ0n) is 8.46. The number of carbonyl (C=O) groups is 2. The maximum Gasteiger partial charge on any atom is 0.222 e. The number of nitrogens with zero attached hydrogens (tertiary/aromatic N) is 1. The third kappa shape index (κ3) is 6.13. The van der Waals surface area contributed by atoms with E-state index >= 15 is 0 Å². The second-order valence-electron chi connectivity index (χ2n) is 2.94. The summed E-state index contributed by atoms with van der Waals surface area (Å²) in [5.74, 6) is -0.0154. The molecule has 0 rings (SSSR count). The molecule has 0 fully saturated rings. The zero-order valence-corrected chi connectivity index (χ0v) is 8.46. The highest BCUT2D eigenvalue weighted by Crippen LogP contribution is 1.96. The molecule has 0 aromatic rings. The van der Waals surface area contributed by atoms with Gasteiger partial charge in [-0.15, -0.1) is 0 Å². The second kappa shape index (κ2) is 6.46. The van der Waals surface area contributed by atoms with Gasteiger partial charge in [-0.3, -0.25) is 9.59 Å². The number of carbonyl (C=O) groups excluding carboxylic acids is 2. The van der Waals surface area contributed by atoms with Crippen LogP contribution < -0.4 is 5.32 Å². The average Bonchev–Trinajstić information content (AvgIpc) is 2.04. The third-order valence-corrected chi connectivity index (χ3v) is 1.52. The van der Waals surface area contributed by atoms with E-state index in [9.17, 15) is 9.59 Å². The van der Waals surface area contributed by atoms with E-state index in [0.717, 1.165) is 0 Å². The monoisotopic (exact) mass is 185 g/mol. The average molecular weight is 185 g/mol. The number of rotatable bonds is 5. The second-order valence-corrected chi connectivity index (χ2v) is 2.94. The first-order valence-electron chi connectivity index (χ1n) is 4.36. The van der Waals surface area contributed by atoms with E-state index in [4.69, 9.17) is 0 Å². The summed E-state index contributed by atoms with van der Waals surface area (Å²) in [4.78, 5) is 23.5. The molecule has 0 unspecified atom stereocenters. The van der Waals surface area contributed by atoms with E-state index in [2.05, 4.69) is 5.32 Å². The molecule has 1 radical (unpaired) electrons. The topological polar surface area (TPSA) is 49.4 Å². The summed E-state index contributed by atoms with van der Waals surface area (Å²) in [6.07, 6.45) is 2.32. The first-order valence-corrected chi connectivity index (χ1v) is 4.36. The number of nitrogens with one attached hydrogen (secondary N) is 1. The number of hydrogen-bond donors (Lipinski definition) is 1. The SMILES string of the molecule is CCNC(=O)C[CH]CC(=O)N(C)C. The van der Waals surface area contributed by atoms with Crippen molar-refractivity contribution in [3.63, 3.8) is 0 Å². The lowest BCUT2D eigenvalue weighted by molar-refractivity contribution is -0.128. The molecule has 0 heterocycles. The zero-order chi connectivity index (χ0) is 10.3. The molecule has 0 saturated heterocycles.